The van der Waals surface area contributed by atoms with Crippen LogP contribution >= 0.6 is 0 Å². The van der Waals surface area contributed by atoms with E-state index in [9.17, 15) is 13.8 Å². The molecule has 1 amide bonds. The van der Waals surface area contributed by atoms with Crippen molar-refractivity contribution in [2.45, 2.75) is 68.3 Å². The normalized spacial score (nSPS) is 18.0. The lowest BCUT2D eigenvalue weighted by molar-refractivity contribution is -0.123. The van der Waals surface area contributed by atoms with Gasteiger partial charge in [-0.3, -0.25) is 14.5 Å². The van der Waals surface area contributed by atoms with Crippen LogP contribution in [0, 0.1) is 13.8 Å². The molecule has 11 heteroatoms. The molecule has 0 spiro atoms. The Morgan fingerprint density at radius 2 is 1.85 bits per heavy atom. The van der Waals surface area contributed by atoms with E-state index in [4.69, 9.17) is 0 Å². The van der Waals surface area contributed by atoms with Crippen LogP contribution in [0.1, 0.15) is 49.7 Å². The molecule has 0 radical (unpaired) electrons. The number of hydrogen-bond donors (Lipinski definition) is 2. The van der Waals surface area contributed by atoms with Gasteiger partial charge >= 0.3 is 0 Å². The van der Waals surface area contributed by atoms with E-state index in [1.165, 1.54) is 19.3 Å². The van der Waals surface area contributed by atoms with Gasteiger partial charge in [0.1, 0.15) is 10.8 Å². The SMILES string of the molecule is Cc1ccc(S(=O)c2n[nH]n3c2nc(=O)c2ccc(N4CCCN(CC(=O)NC5CCCCC5)CC4)cc23)c(C)c1. The number of amides is 1. The molecular formula is C30H37N7O3S. The molecule has 1 saturated carbocycles. The standard InChI is InChI=1S/C30H37N7O3S/c1-20-9-12-26(21(2)17-20)41(40)30-28-32-29(39)24-11-10-23(18-25(24)37(28)34-33-30)36-14-6-13-35(15-16-36)19-27(38)31-22-7-4-3-5-8-22/h9-12,17-18,22,34H,3-8,13-16,19H2,1-2H3,(H,31,38). The van der Waals surface area contributed by atoms with Gasteiger partial charge in [-0.1, -0.05) is 37.0 Å². The van der Waals surface area contributed by atoms with Crippen molar-refractivity contribution >= 4 is 38.9 Å². The van der Waals surface area contributed by atoms with E-state index in [0.717, 1.165) is 62.3 Å². The zero-order chi connectivity index (χ0) is 28.5. The number of nitrogens with one attached hydrogen (secondary N) is 2. The first kappa shape index (κ1) is 27.6. The van der Waals surface area contributed by atoms with E-state index in [1.54, 1.807) is 10.6 Å². The summed E-state index contributed by atoms with van der Waals surface area (Å²) in [4.78, 5) is 35.1. The van der Waals surface area contributed by atoms with Crippen molar-refractivity contribution in [1.29, 1.82) is 0 Å². The van der Waals surface area contributed by atoms with Gasteiger partial charge in [-0.25, -0.2) is 13.9 Å². The molecule has 1 atom stereocenters. The van der Waals surface area contributed by atoms with Crippen LogP contribution in [0.5, 0.6) is 0 Å². The van der Waals surface area contributed by atoms with Crippen LogP contribution in [0.15, 0.2) is 51.1 Å². The average Bonchev–Trinajstić information content (AvgIpc) is 3.24. The fraction of sp³-hybridized carbons (Fsp3) is 0.467. The van der Waals surface area contributed by atoms with E-state index in [1.807, 2.05) is 44.2 Å². The van der Waals surface area contributed by atoms with Crippen molar-refractivity contribution in [3.05, 3.63) is 57.9 Å². The number of hydrogen-bond acceptors (Lipinski definition) is 7. The van der Waals surface area contributed by atoms with Crippen molar-refractivity contribution in [1.82, 2.24) is 30.0 Å². The Balaban J connectivity index is 1.22. The second-order valence-corrected chi connectivity index (χ2v) is 12.7. The summed E-state index contributed by atoms with van der Waals surface area (Å²) < 4.78 is 15.2. The predicted octanol–water partition coefficient (Wildman–Crippen LogP) is 3.32. The summed E-state index contributed by atoms with van der Waals surface area (Å²) in [5.74, 6) is 0.124. The van der Waals surface area contributed by atoms with Gasteiger partial charge in [0.15, 0.2) is 10.7 Å². The van der Waals surface area contributed by atoms with E-state index in [-0.39, 0.29) is 22.1 Å². The lowest BCUT2D eigenvalue weighted by Crippen LogP contribution is -2.43. The molecule has 41 heavy (non-hydrogen) atoms. The molecule has 2 aromatic heterocycles. The Morgan fingerprint density at radius 1 is 1.02 bits per heavy atom. The second kappa shape index (κ2) is 11.7. The lowest BCUT2D eigenvalue weighted by atomic mass is 9.95. The van der Waals surface area contributed by atoms with E-state index in [0.29, 0.717) is 28.4 Å². The first-order valence-corrected chi connectivity index (χ1v) is 15.7. The minimum absolute atomic E-state index is 0.124. The maximum Gasteiger partial charge on any atom is 0.281 e. The van der Waals surface area contributed by atoms with Crippen molar-refractivity contribution in [3.8, 4) is 0 Å². The quantitative estimate of drug-likeness (QED) is 0.362. The molecule has 1 aliphatic heterocycles. The van der Waals surface area contributed by atoms with Gasteiger partial charge in [-0.05, 0) is 62.9 Å². The average molecular weight is 576 g/mol. The molecule has 216 valence electrons. The van der Waals surface area contributed by atoms with Gasteiger partial charge in [0.05, 0.1) is 17.4 Å². The minimum Gasteiger partial charge on any atom is -0.370 e. The molecule has 4 aromatic rings. The van der Waals surface area contributed by atoms with Crippen molar-refractivity contribution in [3.63, 3.8) is 0 Å². The summed E-state index contributed by atoms with van der Waals surface area (Å²) in [6, 6.07) is 11.8. The highest BCUT2D eigenvalue weighted by molar-refractivity contribution is 7.85. The zero-order valence-electron chi connectivity index (χ0n) is 23.7. The monoisotopic (exact) mass is 575 g/mol. The second-order valence-electron chi connectivity index (χ2n) is 11.4. The number of carbonyl (C=O) groups excluding carboxylic acids is 1. The summed E-state index contributed by atoms with van der Waals surface area (Å²) in [5.41, 5.74) is 3.50. The van der Waals surface area contributed by atoms with Crippen molar-refractivity contribution in [2.75, 3.05) is 37.6 Å². The Morgan fingerprint density at radius 3 is 2.66 bits per heavy atom. The van der Waals surface area contributed by atoms with Crippen molar-refractivity contribution in [2.24, 2.45) is 0 Å². The fourth-order valence-electron chi connectivity index (χ4n) is 6.14. The molecule has 6 rings (SSSR count). The van der Waals surface area contributed by atoms with Crippen LogP contribution in [-0.4, -0.2) is 73.6 Å². The maximum atomic E-state index is 13.5. The Bertz CT molecular complexity index is 1670. The maximum absolute atomic E-state index is 13.5. The number of carbonyl (C=O) groups is 1. The topological polar surface area (TPSA) is 116 Å². The molecule has 2 aromatic carbocycles. The number of aromatic amines is 1. The summed E-state index contributed by atoms with van der Waals surface area (Å²) in [7, 11) is -1.60. The van der Waals surface area contributed by atoms with Gasteiger partial charge < -0.3 is 10.2 Å². The molecule has 2 fully saturated rings. The summed E-state index contributed by atoms with van der Waals surface area (Å²) >= 11 is 0. The molecule has 1 aliphatic carbocycles. The molecule has 1 saturated heterocycles. The third-order valence-corrected chi connectivity index (χ3v) is 9.79. The first-order valence-electron chi connectivity index (χ1n) is 14.5. The third-order valence-electron chi connectivity index (χ3n) is 8.31. The number of fused-ring (bicyclic) bond motifs is 3. The van der Waals surface area contributed by atoms with Gasteiger partial charge in [0.25, 0.3) is 5.56 Å². The smallest absolute Gasteiger partial charge is 0.281 e. The number of rotatable bonds is 6. The van der Waals surface area contributed by atoms with Crippen LogP contribution in [0.2, 0.25) is 0 Å². The highest BCUT2D eigenvalue weighted by Gasteiger charge is 2.23. The van der Waals surface area contributed by atoms with Gasteiger partial charge in [-0.2, -0.15) is 4.98 Å². The van der Waals surface area contributed by atoms with E-state index in [2.05, 4.69) is 30.4 Å². The first-order chi connectivity index (χ1) is 19.9. The zero-order valence-corrected chi connectivity index (χ0v) is 24.5. The van der Waals surface area contributed by atoms with Crippen LogP contribution in [0.4, 0.5) is 5.69 Å². The summed E-state index contributed by atoms with van der Waals surface area (Å²) in [6.07, 6.45) is 6.79. The highest BCUT2D eigenvalue weighted by atomic mass is 32.2. The van der Waals surface area contributed by atoms with Crippen molar-refractivity contribution < 1.29 is 9.00 Å². The molecule has 3 heterocycles. The third kappa shape index (κ3) is 5.78. The molecular weight excluding hydrogens is 538 g/mol. The Labute approximate surface area is 241 Å². The Hall–Kier alpha value is -3.57. The molecule has 2 aliphatic rings. The van der Waals surface area contributed by atoms with E-state index < -0.39 is 10.8 Å². The number of anilines is 1. The molecule has 1 unspecified atom stereocenters. The van der Waals surface area contributed by atoms with Gasteiger partial charge in [0.2, 0.25) is 5.91 Å². The number of nitrogens with zero attached hydrogens (tertiary/aromatic N) is 5. The number of H-pyrrole nitrogens is 1. The largest absolute Gasteiger partial charge is 0.370 e. The van der Waals surface area contributed by atoms with Crippen LogP contribution in [0.3, 0.4) is 0 Å². The minimum atomic E-state index is -1.60. The Kier molecular flexibility index (Phi) is 7.90. The van der Waals surface area contributed by atoms with E-state index >= 15 is 0 Å². The lowest BCUT2D eigenvalue weighted by Gasteiger charge is -2.26. The summed E-state index contributed by atoms with van der Waals surface area (Å²) in [5, 5.41) is 11.2. The van der Waals surface area contributed by atoms with Gasteiger partial charge in [-0.15, -0.1) is 5.10 Å². The van der Waals surface area contributed by atoms with Crippen LogP contribution < -0.4 is 15.8 Å². The predicted molar refractivity (Wildman–Crippen MR) is 160 cm³/mol. The fourth-order valence-corrected chi connectivity index (χ4v) is 7.32. The van der Waals surface area contributed by atoms with Crippen LogP contribution in [0.25, 0.3) is 16.6 Å². The number of benzene rings is 2. The molecule has 0 bridgehead atoms. The molecule has 10 nitrogen and oxygen atoms in total. The number of aryl methyl sites for hydroxylation is 2. The molecule has 2 N–H and O–H groups in total. The van der Waals surface area contributed by atoms with Gasteiger partial charge in [0, 0.05) is 42.8 Å². The van der Waals surface area contributed by atoms with Crippen LogP contribution in [-0.2, 0) is 15.6 Å². The highest BCUT2D eigenvalue weighted by Crippen LogP contribution is 2.26. The summed E-state index contributed by atoms with van der Waals surface area (Å²) in [6.45, 7) is 7.61. The number of aromatic nitrogens is 4.